The van der Waals surface area contributed by atoms with Gasteiger partial charge in [0.2, 0.25) is 0 Å². The summed E-state index contributed by atoms with van der Waals surface area (Å²) in [6.07, 6.45) is 8.85. The summed E-state index contributed by atoms with van der Waals surface area (Å²) in [5.74, 6) is 2.53. The Morgan fingerprint density at radius 3 is 3.00 bits per heavy atom. The van der Waals surface area contributed by atoms with Crippen molar-refractivity contribution < 1.29 is 0 Å². The second-order valence-electron chi connectivity index (χ2n) is 5.13. The van der Waals surface area contributed by atoms with Gasteiger partial charge in [0.05, 0.1) is 9.90 Å². The first-order valence-electron chi connectivity index (χ1n) is 5.94. The minimum absolute atomic E-state index is 0.123. The predicted molar refractivity (Wildman–Crippen MR) is 70.2 cm³/mol. The van der Waals surface area contributed by atoms with Gasteiger partial charge in [-0.3, -0.25) is 9.36 Å². The largest absolute Gasteiger partial charge is 0.298 e. The minimum Gasteiger partial charge on any atom is -0.298 e. The molecular formula is C12H15IN2O. The Kier molecular flexibility index (Phi) is 2.77. The molecule has 2 aliphatic rings. The van der Waals surface area contributed by atoms with Crippen LogP contribution >= 0.6 is 22.6 Å². The number of aromatic nitrogens is 2. The molecule has 0 spiro atoms. The lowest BCUT2D eigenvalue weighted by molar-refractivity contribution is 0.291. The maximum Gasteiger partial charge on any atom is 0.266 e. The van der Waals surface area contributed by atoms with Crippen molar-refractivity contribution in [2.45, 2.75) is 32.2 Å². The molecule has 3 rings (SSSR count). The van der Waals surface area contributed by atoms with E-state index in [1.54, 1.807) is 17.1 Å². The fourth-order valence-electron chi connectivity index (χ4n) is 3.41. The predicted octanol–water partition coefficient (Wildman–Crippen LogP) is 2.28. The molecule has 0 aromatic carbocycles. The van der Waals surface area contributed by atoms with E-state index >= 15 is 0 Å². The van der Waals surface area contributed by atoms with Gasteiger partial charge in [-0.25, -0.2) is 4.98 Å². The van der Waals surface area contributed by atoms with Crippen molar-refractivity contribution >= 4 is 22.6 Å². The van der Waals surface area contributed by atoms with Crippen LogP contribution in [0.15, 0.2) is 17.3 Å². The molecule has 2 saturated carbocycles. The van der Waals surface area contributed by atoms with Crippen molar-refractivity contribution in [1.82, 2.24) is 9.55 Å². The summed E-state index contributed by atoms with van der Waals surface area (Å²) >= 11 is 2.06. The molecule has 1 aromatic heterocycles. The molecule has 2 bridgehead atoms. The normalized spacial score (nSPS) is 32.2. The van der Waals surface area contributed by atoms with Gasteiger partial charge < -0.3 is 0 Å². The highest BCUT2D eigenvalue weighted by molar-refractivity contribution is 14.1. The number of rotatable bonds is 2. The van der Waals surface area contributed by atoms with Crippen LogP contribution in [0, 0.1) is 21.3 Å². The van der Waals surface area contributed by atoms with E-state index in [9.17, 15) is 4.79 Å². The van der Waals surface area contributed by atoms with Crippen molar-refractivity contribution in [3.63, 3.8) is 0 Å². The van der Waals surface area contributed by atoms with Crippen LogP contribution < -0.4 is 5.56 Å². The minimum atomic E-state index is 0.123. The van der Waals surface area contributed by atoms with Gasteiger partial charge in [0.15, 0.2) is 0 Å². The fraction of sp³-hybridized carbons (Fsp3) is 0.667. The third-order valence-electron chi connectivity index (χ3n) is 4.17. The summed E-state index contributed by atoms with van der Waals surface area (Å²) in [6.45, 7) is 0.879. The number of nitrogens with zero attached hydrogens (tertiary/aromatic N) is 2. The molecule has 0 amide bonds. The second kappa shape index (κ2) is 4.13. The standard InChI is InChI=1S/C12H15IN2O/c13-11-5-14-7-15(12(11)16)6-10-4-8-1-2-9(10)3-8/h5,7-10H,1-4,6H2. The Morgan fingerprint density at radius 2 is 2.31 bits per heavy atom. The van der Waals surface area contributed by atoms with Crippen LogP contribution in [0.25, 0.3) is 0 Å². The van der Waals surface area contributed by atoms with Crippen molar-refractivity contribution in [3.05, 3.63) is 26.4 Å². The molecule has 0 saturated heterocycles. The van der Waals surface area contributed by atoms with E-state index in [1.807, 2.05) is 0 Å². The first-order chi connectivity index (χ1) is 7.74. The van der Waals surface area contributed by atoms with Gasteiger partial charge in [0.1, 0.15) is 0 Å². The zero-order valence-corrected chi connectivity index (χ0v) is 11.3. The summed E-state index contributed by atoms with van der Waals surface area (Å²) in [5, 5.41) is 0. The molecular weight excluding hydrogens is 315 g/mol. The highest BCUT2D eigenvalue weighted by atomic mass is 127. The first-order valence-corrected chi connectivity index (χ1v) is 7.02. The Labute approximate surface area is 108 Å². The van der Waals surface area contributed by atoms with Crippen LogP contribution in [-0.2, 0) is 6.54 Å². The van der Waals surface area contributed by atoms with Crippen molar-refractivity contribution in [1.29, 1.82) is 0 Å². The average molecular weight is 330 g/mol. The molecule has 1 heterocycles. The molecule has 0 N–H and O–H groups in total. The Hall–Kier alpha value is -0.390. The molecule has 1 aromatic rings. The topological polar surface area (TPSA) is 34.9 Å². The van der Waals surface area contributed by atoms with Crippen LogP contribution in [-0.4, -0.2) is 9.55 Å². The van der Waals surface area contributed by atoms with Crippen LogP contribution in [0.5, 0.6) is 0 Å². The zero-order chi connectivity index (χ0) is 11.1. The Bertz CT molecular complexity index is 457. The molecule has 3 nitrogen and oxygen atoms in total. The van der Waals surface area contributed by atoms with Gasteiger partial charge in [0.25, 0.3) is 5.56 Å². The average Bonchev–Trinajstić information content (AvgIpc) is 2.86. The first kappa shape index (κ1) is 10.7. The van der Waals surface area contributed by atoms with E-state index in [-0.39, 0.29) is 5.56 Å². The molecule has 0 aliphatic heterocycles. The molecule has 2 fully saturated rings. The monoisotopic (exact) mass is 330 g/mol. The number of hydrogen-bond donors (Lipinski definition) is 0. The summed E-state index contributed by atoms with van der Waals surface area (Å²) < 4.78 is 2.52. The smallest absolute Gasteiger partial charge is 0.266 e. The highest BCUT2D eigenvalue weighted by Crippen LogP contribution is 2.48. The van der Waals surface area contributed by atoms with Crippen LogP contribution in [0.2, 0.25) is 0 Å². The molecule has 86 valence electrons. The summed E-state index contributed by atoms with van der Waals surface area (Å²) in [6, 6.07) is 0. The van der Waals surface area contributed by atoms with E-state index in [1.165, 1.54) is 25.7 Å². The van der Waals surface area contributed by atoms with Crippen molar-refractivity contribution in [2.75, 3.05) is 0 Å². The molecule has 16 heavy (non-hydrogen) atoms. The zero-order valence-electron chi connectivity index (χ0n) is 9.10. The van der Waals surface area contributed by atoms with E-state index < -0.39 is 0 Å². The summed E-state index contributed by atoms with van der Waals surface area (Å²) in [4.78, 5) is 16.0. The molecule has 4 heteroatoms. The SMILES string of the molecule is O=c1c(I)cncn1CC1CC2CCC1C2. The van der Waals surface area contributed by atoms with Crippen LogP contribution in [0.4, 0.5) is 0 Å². The van der Waals surface area contributed by atoms with E-state index in [2.05, 4.69) is 27.6 Å². The third kappa shape index (κ3) is 1.81. The fourth-order valence-corrected chi connectivity index (χ4v) is 3.88. The van der Waals surface area contributed by atoms with Gasteiger partial charge in [0, 0.05) is 12.7 Å². The van der Waals surface area contributed by atoms with Gasteiger partial charge in [-0.15, -0.1) is 0 Å². The van der Waals surface area contributed by atoms with E-state index in [0.29, 0.717) is 0 Å². The van der Waals surface area contributed by atoms with E-state index in [0.717, 1.165) is 27.9 Å². The lowest BCUT2D eigenvalue weighted by Gasteiger charge is -2.22. The van der Waals surface area contributed by atoms with Gasteiger partial charge in [-0.1, -0.05) is 6.42 Å². The van der Waals surface area contributed by atoms with Crippen molar-refractivity contribution in [2.24, 2.45) is 17.8 Å². The van der Waals surface area contributed by atoms with Crippen molar-refractivity contribution in [3.8, 4) is 0 Å². The lowest BCUT2D eigenvalue weighted by Crippen LogP contribution is -2.27. The molecule has 2 aliphatic carbocycles. The van der Waals surface area contributed by atoms with Gasteiger partial charge in [-0.2, -0.15) is 0 Å². The Balaban J connectivity index is 1.80. The van der Waals surface area contributed by atoms with E-state index in [4.69, 9.17) is 0 Å². The Morgan fingerprint density at radius 1 is 1.44 bits per heavy atom. The van der Waals surface area contributed by atoms with Gasteiger partial charge in [-0.05, 0) is 59.6 Å². The lowest BCUT2D eigenvalue weighted by atomic mass is 9.89. The molecule has 3 atom stereocenters. The maximum absolute atomic E-state index is 11.9. The molecule has 0 radical (unpaired) electrons. The third-order valence-corrected chi connectivity index (χ3v) is 4.91. The summed E-state index contributed by atoms with van der Waals surface area (Å²) in [7, 11) is 0. The summed E-state index contributed by atoms with van der Waals surface area (Å²) in [5.41, 5.74) is 0.123. The number of halogens is 1. The quantitative estimate of drug-likeness (QED) is 0.780. The molecule has 3 unspecified atom stereocenters. The maximum atomic E-state index is 11.9. The van der Waals surface area contributed by atoms with Gasteiger partial charge >= 0.3 is 0 Å². The van der Waals surface area contributed by atoms with Crippen LogP contribution in [0.1, 0.15) is 25.7 Å². The highest BCUT2D eigenvalue weighted by Gasteiger charge is 2.39. The number of hydrogen-bond acceptors (Lipinski definition) is 2. The van der Waals surface area contributed by atoms with Crippen LogP contribution in [0.3, 0.4) is 0 Å². The number of fused-ring (bicyclic) bond motifs is 2. The second-order valence-corrected chi connectivity index (χ2v) is 6.30.